The molecule has 0 radical (unpaired) electrons. The van der Waals surface area contributed by atoms with Gasteiger partial charge >= 0.3 is 0 Å². The summed E-state index contributed by atoms with van der Waals surface area (Å²) < 4.78 is 5.60. The SMILES string of the molecule is CCN(CC)c1ccc2c(=O)cc(C)oc2c1. The number of nitrogens with zero attached hydrogens (tertiary/aromatic N) is 1. The van der Waals surface area contributed by atoms with Crippen molar-refractivity contribution in [2.75, 3.05) is 18.0 Å². The van der Waals surface area contributed by atoms with Gasteiger partial charge in [0.15, 0.2) is 5.43 Å². The summed E-state index contributed by atoms with van der Waals surface area (Å²) in [4.78, 5) is 14.0. The average molecular weight is 231 g/mol. The predicted octanol–water partition coefficient (Wildman–Crippen LogP) is 2.95. The quantitative estimate of drug-likeness (QED) is 0.814. The van der Waals surface area contributed by atoms with Crippen LogP contribution in [0.15, 0.2) is 33.5 Å². The summed E-state index contributed by atoms with van der Waals surface area (Å²) in [6.07, 6.45) is 0. The van der Waals surface area contributed by atoms with Crippen molar-refractivity contribution >= 4 is 16.7 Å². The van der Waals surface area contributed by atoms with Crippen LogP contribution in [0.1, 0.15) is 19.6 Å². The Morgan fingerprint density at radius 1 is 1.18 bits per heavy atom. The second kappa shape index (κ2) is 4.62. The fourth-order valence-corrected chi connectivity index (χ4v) is 2.05. The molecule has 0 saturated carbocycles. The van der Waals surface area contributed by atoms with Crippen molar-refractivity contribution < 1.29 is 4.42 Å². The van der Waals surface area contributed by atoms with Gasteiger partial charge in [-0.05, 0) is 32.9 Å². The molecule has 3 nitrogen and oxygen atoms in total. The number of hydrogen-bond acceptors (Lipinski definition) is 3. The first-order valence-corrected chi connectivity index (χ1v) is 5.95. The van der Waals surface area contributed by atoms with E-state index in [0.29, 0.717) is 16.7 Å². The normalized spacial score (nSPS) is 10.8. The van der Waals surface area contributed by atoms with Gasteiger partial charge in [-0.3, -0.25) is 4.79 Å². The largest absolute Gasteiger partial charge is 0.461 e. The van der Waals surface area contributed by atoms with E-state index in [1.54, 1.807) is 6.92 Å². The molecule has 0 unspecified atom stereocenters. The van der Waals surface area contributed by atoms with Gasteiger partial charge in [0.1, 0.15) is 11.3 Å². The molecule has 17 heavy (non-hydrogen) atoms. The Labute approximate surface area is 101 Å². The van der Waals surface area contributed by atoms with Gasteiger partial charge in [0.05, 0.1) is 5.39 Å². The molecule has 3 heteroatoms. The highest BCUT2D eigenvalue weighted by Gasteiger charge is 2.06. The van der Waals surface area contributed by atoms with Crippen LogP contribution in [-0.2, 0) is 0 Å². The zero-order valence-electron chi connectivity index (χ0n) is 10.5. The Kier molecular flexibility index (Phi) is 3.18. The molecule has 0 bridgehead atoms. The van der Waals surface area contributed by atoms with E-state index in [1.807, 2.05) is 18.2 Å². The highest BCUT2D eigenvalue weighted by atomic mass is 16.3. The third-order valence-electron chi connectivity index (χ3n) is 2.96. The maximum Gasteiger partial charge on any atom is 0.192 e. The van der Waals surface area contributed by atoms with Crippen molar-refractivity contribution in [3.63, 3.8) is 0 Å². The van der Waals surface area contributed by atoms with Gasteiger partial charge in [0.2, 0.25) is 0 Å². The van der Waals surface area contributed by atoms with Crippen LogP contribution < -0.4 is 10.3 Å². The summed E-state index contributed by atoms with van der Waals surface area (Å²) in [6.45, 7) is 7.90. The summed E-state index contributed by atoms with van der Waals surface area (Å²) in [5.41, 5.74) is 1.78. The minimum absolute atomic E-state index is 0.0230. The van der Waals surface area contributed by atoms with Crippen LogP contribution >= 0.6 is 0 Å². The van der Waals surface area contributed by atoms with Gasteiger partial charge in [-0.2, -0.15) is 0 Å². The lowest BCUT2D eigenvalue weighted by atomic mass is 10.2. The first-order valence-electron chi connectivity index (χ1n) is 5.95. The fourth-order valence-electron chi connectivity index (χ4n) is 2.05. The minimum Gasteiger partial charge on any atom is -0.461 e. The van der Waals surface area contributed by atoms with Crippen LogP contribution in [0.3, 0.4) is 0 Å². The van der Waals surface area contributed by atoms with Crippen molar-refractivity contribution in [2.24, 2.45) is 0 Å². The maximum atomic E-state index is 11.7. The molecule has 0 aliphatic heterocycles. The van der Waals surface area contributed by atoms with Crippen molar-refractivity contribution in [2.45, 2.75) is 20.8 Å². The number of benzene rings is 1. The number of hydrogen-bond donors (Lipinski definition) is 0. The molecule has 1 aromatic carbocycles. The third kappa shape index (κ3) is 2.18. The van der Waals surface area contributed by atoms with Crippen molar-refractivity contribution in [3.8, 4) is 0 Å². The van der Waals surface area contributed by atoms with E-state index in [9.17, 15) is 4.79 Å². The zero-order chi connectivity index (χ0) is 12.4. The van der Waals surface area contributed by atoms with Gasteiger partial charge in [0, 0.05) is 30.9 Å². The topological polar surface area (TPSA) is 33.5 Å². The lowest BCUT2D eigenvalue weighted by Gasteiger charge is -2.20. The van der Waals surface area contributed by atoms with E-state index >= 15 is 0 Å². The molecule has 0 spiro atoms. The van der Waals surface area contributed by atoms with E-state index in [0.717, 1.165) is 18.8 Å². The minimum atomic E-state index is 0.0230. The molecule has 0 fully saturated rings. The van der Waals surface area contributed by atoms with E-state index in [2.05, 4.69) is 18.7 Å². The molecule has 0 aliphatic rings. The first-order chi connectivity index (χ1) is 8.15. The average Bonchev–Trinajstić information content (AvgIpc) is 2.30. The zero-order valence-corrected chi connectivity index (χ0v) is 10.5. The Balaban J connectivity index is 2.61. The lowest BCUT2D eigenvalue weighted by molar-refractivity contribution is 0.564. The summed E-state index contributed by atoms with van der Waals surface area (Å²) in [6, 6.07) is 7.28. The monoisotopic (exact) mass is 231 g/mol. The second-order valence-corrected chi connectivity index (χ2v) is 4.07. The highest BCUT2D eigenvalue weighted by Crippen LogP contribution is 2.20. The predicted molar refractivity (Wildman–Crippen MR) is 70.8 cm³/mol. The summed E-state index contributed by atoms with van der Waals surface area (Å²) in [5.74, 6) is 0.652. The molecule has 1 heterocycles. The number of fused-ring (bicyclic) bond motifs is 1. The van der Waals surface area contributed by atoms with Gasteiger partial charge < -0.3 is 9.32 Å². The van der Waals surface area contributed by atoms with Crippen LogP contribution in [-0.4, -0.2) is 13.1 Å². The Morgan fingerprint density at radius 3 is 2.53 bits per heavy atom. The Hall–Kier alpha value is -1.77. The van der Waals surface area contributed by atoms with Gasteiger partial charge in [-0.25, -0.2) is 0 Å². The lowest BCUT2D eigenvalue weighted by Crippen LogP contribution is -2.21. The maximum absolute atomic E-state index is 11.7. The molecule has 0 atom stereocenters. The van der Waals surface area contributed by atoms with Crippen LogP contribution in [0, 0.1) is 6.92 Å². The number of rotatable bonds is 3. The van der Waals surface area contributed by atoms with E-state index in [4.69, 9.17) is 4.42 Å². The van der Waals surface area contributed by atoms with Crippen LogP contribution in [0.2, 0.25) is 0 Å². The molecule has 2 rings (SSSR count). The Morgan fingerprint density at radius 2 is 1.88 bits per heavy atom. The molecule has 0 N–H and O–H groups in total. The standard InChI is InChI=1S/C14H17NO2/c1-4-15(5-2)11-6-7-12-13(16)8-10(3)17-14(12)9-11/h6-9H,4-5H2,1-3H3. The summed E-state index contributed by atoms with van der Waals surface area (Å²) in [7, 11) is 0. The van der Waals surface area contributed by atoms with Crippen LogP contribution in [0.25, 0.3) is 11.0 Å². The van der Waals surface area contributed by atoms with E-state index < -0.39 is 0 Å². The first kappa shape index (κ1) is 11.7. The molecule has 2 aromatic rings. The van der Waals surface area contributed by atoms with Crippen LogP contribution in [0.4, 0.5) is 5.69 Å². The highest BCUT2D eigenvalue weighted by molar-refractivity contribution is 5.80. The third-order valence-corrected chi connectivity index (χ3v) is 2.96. The van der Waals surface area contributed by atoms with Gasteiger partial charge in [-0.15, -0.1) is 0 Å². The molecular weight excluding hydrogens is 214 g/mol. The van der Waals surface area contributed by atoms with E-state index in [1.165, 1.54) is 6.07 Å². The van der Waals surface area contributed by atoms with Crippen molar-refractivity contribution in [3.05, 3.63) is 40.2 Å². The van der Waals surface area contributed by atoms with Gasteiger partial charge in [0.25, 0.3) is 0 Å². The molecule has 90 valence electrons. The summed E-state index contributed by atoms with van der Waals surface area (Å²) in [5, 5.41) is 0.645. The molecule has 0 amide bonds. The Bertz CT molecular complexity index is 582. The smallest absolute Gasteiger partial charge is 0.192 e. The second-order valence-electron chi connectivity index (χ2n) is 4.07. The molecular formula is C14H17NO2. The van der Waals surface area contributed by atoms with Gasteiger partial charge in [-0.1, -0.05) is 0 Å². The molecule has 1 aromatic heterocycles. The van der Waals surface area contributed by atoms with Crippen molar-refractivity contribution in [1.29, 1.82) is 0 Å². The van der Waals surface area contributed by atoms with Crippen LogP contribution in [0.5, 0.6) is 0 Å². The molecule has 0 saturated heterocycles. The molecule has 0 aliphatic carbocycles. The van der Waals surface area contributed by atoms with E-state index in [-0.39, 0.29) is 5.43 Å². The summed E-state index contributed by atoms with van der Waals surface area (Å²) >= 11 is 0. The van der Waals surface area contributed by atoms with Crippen molar-refractivity contribution in [1.82, 2.24) is 0 Å². The fraction of sp³-hybridized carbons (Fsp3) is 0.357. The number of anilines is 1. The number of aryl methyl sites for hydroxylation is 1.